The Morgan fingerprint density at radius 2 is 1.94 bits per heavy atom. The molecule has 1 aliphatic rings. The number of nitrogens with zero attached hydrogens (tertiary/aromatic N) is 1. The summed E-state index contributed by atoms with van der Waals surface area (Å²) in [5.41, 5.74) is 5.58. The molecule has 0 aromatic heterocycles. The first-order valence-electron chi connectivity index (χ1n) is 6.86. The molecule has 0 bridgehead atoms. The number of piperidine rings is 1. The van der Waals surface area contributed by atoms with Crippen LogP contribution in [0.15, 0.2) is 0 Å². The SMILES string of the molecule is COC(=O)C(C)(N)CCCN1CCC(C)(C)CC1. The zero-order valence-electron chi connectivity index (χ0n) is 12.3. The van der Waals surface area contributed by atoms with E-state index in [2.05, 4.69) is 18.7 Å². The maximum Gasteiger partial charge on any atom is 0.325 e. The molecular formula is C14H28N2O2. The Hall–Kier alpha value is -0.610. The van der Waals surface area contributed by atoms with Gasteiger partial charge >= 0.3 is 5.97 Å². The van der Waals surface area contributed by atoms with Crippen molar-refractivity contribution in [2.75, 3.05) is 26.7 Å². The number of carbonyl (C=O) groups is 1. The van der Waals surface area contributed by atoms with Crippen LogP contribution in [-0.2, 0) is 9.53 Å². The molecule has 4 nitrogen and oxygen atoms in total. The van der Waals surface area contributed by atoms with Gasteiger partial charge in [0.15, 0.2) is 0 Å². The van der Waals surface area contributed by atoms with Gasteiger partial charge in [-0.1, -0.05) is 13.8 Å². The van der Waals surface area contributed by atoms with Gasteiger partial charge in [0, 0.05) is 0 Å². The molecule has 1 rings (SSSR count). The van der Waals surface area contributed by atoms with E-state index in [1.165, 1.54) is 20.0 Å². The predicted octanol–water partition coefficient (Wildman–Crippen LogP) is 1.78. The molecule has 0 saturated carbocycles. The number of hydrogen-bond donors (Lipinski definition) is 1. The third-order valence-electron chi connectivity index (χ3n) is 4.03. The zero-order valence-corrected chi connectivity index (χ0v) is 12.3. The average molecular weight is 256 g/mol. The summed E-state index contributed by atoms with van der Waals surface area (Å²) in [6, 6.07) is 0. The Morgan fingerprint density at radius 3 is 2.44 bits per heavy atom. The molecule has 1 atom stereocenters. The number of carbonyl (C=O) groups excluding carboxylic acids is 1. The van der Waals surface area contributed by atoms with Crippen molar-refractivity contribution in [2.45, 2.75) is 52.0 Å². The first kappa shape index (κ1) is 15.4. The molecule has 0 radical (unpaired) electrons. The molecule has 106 valence electrons. The lowest BCUT2D eigenvalue weighted by atomic mass is 9.82. The summed E-state index contributed by atoms with van der Waals surface area (Å²) in [6.45, 7) is 9.76. The maximum atomic E-state index is 11.4. The van der Waals surface area contributed by atoms with Crippen LogP contribution in [0.3, 0.4) is 0 Å². The minimum Gasteiger partial charge on any atom is -0.468 e. The average Bonchev–Trinajstić information content (AvgIpc) is 2.30. The van der Waals surface area contributed by atoms with Crippen LogP contribution in [0, 0.1) is 5.41 Å². The summed E-state index contributed by atoms with van der Waals surface area (Å²) in [6.07, 6.45) is 4.13. The van der Waals surface area contributed by atoms with Gasteiger partial charge in [0.1, 0.15) is 5.54 Å². The lowest BCUT2D eigenvalue weighted by Crippen LogP contribution is -2.46. The molecule has 0 amide bonds. The number of methoxy groups -OCH3 is 1. The van der Waals surface area contributed by atoms with E-state index in [-0.39, 0.29) is 5.97 Å². The van der Waals surface area contributed by atoms with E-state index in [0.717, 1.165) is 26.1 Å². The summed E-state index contributed by atoms with van der Waals surface area (Å²) in [7, 11) is 1.39. The Morgan fingerprint density at radius 1 is 1.39 bits per heavy atom. The van der Waals surface area contributed by atoms with Crippen molar-refractivity contribution >= 4 is 5.97 Å². The molecular weight excluding hydrogens is 228 g/mol. The zero-order chi connectivity index (χ0) is 13.8. The van der Waals surface area contributed by atoms with Crippen LogP contribution in [0.25, 0.3) is 0 Å². The van der Waals surface area contributed by atoms with E-state index in [4.69, 9.17) is 10.5 Å². The number of nitrogens with two attached hydrogens (primary N) is 1. The Bertz CT molecular complexity index is 278. The second-order valence-electron chi connectivity index (χ2n) is 6.52. The minimum atomic E-state index is -0.843. The van der Waals surface area contributed by atoms with Gasteiger partial charge in [0.2, 0.25) is 0 Å². The highest BCUT2D eigenvalue weighted by molar-refractivity contribution is 5.79. The van der Waals surface area contributed by atoms with Gasteiger partial charge in [0.25, 0.3) is 0 Å². The molecule has 1 unspecified atom stereocenters. The first-order chi connectivity index (χ1) is 8.27. The quantitative estimate of drug-likeness (QED) is 0.762. The van der Waals surface area contributed by atoms with Crippen molar-refractivity contribution in [1.29, 1.82) is 0 Å². The summed E-state index contributed by atoms with van der Waals surface area (Å²) in [5, 5.41) is 0. The molecule has 1 saturated heterocycles. The van der Waals surface area contributed by atoms with Crippen LogP contribution in [0.5, 0.6) is 0 Å². The van der Waals surface area contributed by atoms with Crippen LogP contribution in [0.2, 0.25) is 0 Å². The number of likely N-dealkylation sites (tertiary alicyclic amines) is 1. The molecule has 0 spiro atoms. The smallest absolute Gasteiger partial charge is 0.325 e. The van der Waals surface area contributed by atoms with E-state index >= 15 is 0 Å². The normalized spacial score (nSPS) is 23.4. The van der Waals surface area contributed by atoms with Gasteiger partial charge < -0.3 is 15.4 Å². The van der Waals surface area contributed by atoms with Gasteiger partial charge in [-0.2, -0.15) is 0 Å². The standard InChI is InChI=1S/C14H28N2O2/c1-13(2)7-10-16(11-8-13)9-5-6-14(3,15)12(17)18-4/h5-11,15H2,1-4H3. The second-order valence-corrected chi connectivity index (χ2v) is 6.52. The molecule has 0 aromatic rings. The summed E-state index contributed by atoms with van der Waals surface area (Å²) in [4.78, 5) is 13.9. The molecule has 2 N–H and O–H groups in total. The molecule has 1 heterocycles. The molecule has 18 heavy (non-hydrogen) atoms. The maximum absolute atomic E-state index is 11.4. The van der Waals surface area contributed by atoms with Gasteiger partial charge in [-0.3, -0.25) is 4.79 Å². The third-order valence-corrected chi connectivity index (χ3v) is 4.03. The van der Waals surface area contributed by atoms with E-state index < -0.39 is 5.54 Å². The van der Waals surface area contributed by atoms with Gasteiger partial charge in [-0.05, 0) is 57.7 Å². The van der Waals surface area contributed by atoms with Gasteiger partial charge in [0.05, 0.1) is 7.11 Å². The fourth-order valence-electron chi connectivity index (χ4n) is 2.39. The summed E-state index contributed by atoms with van der Waals surface area (Å²) < 4.78 is 4.71. The molecule has 1 fully saturated rings. The second kappa shape index (κ2) is 6.02. The van der Waals surface area contributed by atoms with Crippen LogP contribution in [-0.4, -0.2) is 43.2 Å². The number of hydrogen-bond acceptors (Lipinski definition) is 4. The Kier molecular flexibility index (Phi) is 5.17. The van der Waals surface area contributed by atoms with Crippen molar-refractivity contribution in [3.8, 4) is 0 Å². The predicted molar refractivity (Wildman–Crippen MR) is 73.3 cm³/mol. The van der Waals surface area contributed by atoms with Crippen molar-refractivity contribution in [3.63, 3.8) is 0 Å². The van der Waals surface area contributed by atoms with Crippen molar-refractivity contribution in [3.05, 3.63) is 0 Å². The van der Waals surface area contributed by atoms with Crippen LogP contribution in [0.4, 0.5) is 0 Å². The number of ether oxygens (including phenoxy) is 1. The Labute approximate surface area is 111 Å². The lowest BCUT2D eigenvalue weighted by Gasteiger charge is -2.37. The first-order valence-corrected chi connectivity index (χ1v) is 6.86. The monoisotopic (exact) mass is 256 g/mol. The van der Waals surface area contributed by atoms with E-state index in [1.807, 2.05) is 0 Å². The van der Waals surface area contributed by atoms with E-state index in [0.29, 0.717) is 11.8 Å². The summed E-state index contributed by atoms with van der Waals surface area (Å²) >= 11 is 0. The van der Waals surface area contributed by atoms with Crippen molar-refractivity contribution in [1.82, 2.24) is 4.90 Å². The molecule has 0 aliphatic carbocycles. The minimum absolute atomic E-state index is 0.317. The third kappa shape index (κ3) is 4.58. The van der Waals surface area contributed by atoms with E-state index in [9.17, 15) is 4.79 Å². The van der Waals surface area contributed by atoms with Gasteiger partial charge in [-0.25, -0.2) is 0 Å². The van der Waals surface area contributed by atoms with Crippen molar-refractivity contribution in [2.24, 2.45) is 11.1 Å². The molecule has 0 aromatic carbocycles. The van der Waals surface area contributed by atoms with Gasteiger partial charge in [-0.15, -0.1) is 0 Å². The highest BCUT2D eigenvalue weighted by Crippen LogP contribution is 2.29. The fraction of sp³-hybridized carbons (Fsp3) is 0.929. The van der Waals surface area contributed by atoms with E-state index in [1.54, 1.807) is 6.92 Å². The molecule has 4 heteroatoms. The Balaban J connectivity index is 2.25. The van der Waals surface area contributed by atoms with Crippen LogP contribution < -0.4 is 5.73 Å². The lowest BCUT2D eigenvalue weighted by molar-refractivity contribution is -0.146. The highest BCUT2D eigenvalue weighted by Gasteiger charge is 2.30. The van der Waals surface area contributed by atoms with Crippen LogP contribution in [0.1, 0.15) is 46.5 Å². The summed E-state index contributed by atoms with van der Waals surface area (Å²) in [5.74, 6) is -0.317. The largest absolute Gasteiger partial charge is 0.468 e. The van der Waals surface area contributed by atoms with Crippen molar-refractivity contribution < 1.29 is 9.53 Å². The fourth-order valence-corrected chi connectivity index (χ4v) is 2.39. The number of rotatable bonds is 5. The topological polar surface area (TPSA) is 55.6 Å². The number of esters is 1. The molecule has 1 aliphatic heterocycles. The van der Waals surface area contributed by atoms with Crippen LogP contribution >= 0.6 is 0 Å². The highest BCUT2D eigenvalue weighted by atomic mass is 16.5.